The molecule has 0 heterocycles. The van der Waals surface area contributed by atoms with Crippen molar-refractivity contribution in [2.45, 2.75) is 12.1 Å². The van der Waals surface area contributed by atoms with Crippen LogP contribution in [0, 0.1) is 22.7 Å². The molecule has 2 atom stereocenters. The summed E-state index contributed by atoms with van der Waals surface area (Å²) in [5, 5.41) is 20.0. The average molecular weight is 587 g/mol. The van der Waals surface area contributed by atoms with Crippen molar-refractivity contribution >= 4 is 11.8 Å². The zero-order chi connectivity index (χ0) is 31.0. The number of carbonyl (C=O) groups is 2. The lowest BCUT2D eigenvalue weighted by molar-refractivity contribution is 0.0249. The highest BCUT2D eigenvalue weighted by molar-refractivity contribution is 5.95. The SMILES string of the molecule is N#C[C@@H](c1ccccc1)N(CCOCCOCCN(C(=O)c1ccccc1)[C@@H](C#N)c1ccccc1)C(=O)c1ccccc1. The molecule has 0 aliphatic rings. The van der Waals surface area contributed by atoms with Crippen LogP contribution in [-0.4, -0.2) is 61.1 Å². The molecule has 0 aromatic heterocycles. The first-order valence-corrected chi connectivity index (χ1v) is 14.4. The van der Waals surface area contributed by atoms with Gasteiger partial charge in [0.25, 0.3) is 11.8 Å². The van der Waals surface area contributed by atoms with Crippen LogP contribution in [0.15, 0.2) is 121 Å². The lowest BCUT2D eigenvalue weighted by Crippen LogP contribution is -2.37. The predicted octanol–water partition coefficient (Wildman–Crippen LogP) is 5.83. The number of carbonyl (C=O) groups excluding carboxylic acids is 2. The Labute approximate surface area is 258 Å². The fourth-order valence-corrected chi connectivity index (χ4v) is 4.76. The fraction of sp³-hybridized carbons (Fsp3) is 0.222. The van der Waals surface area contributed by atoms with E-state index in [0.29, 0.717) is 11.1 Å². The van der Waals surface area contributed by atoms with Gasteiger partial charge < -0.3 is 19.3 Å². The van der Waals surface area contributed by atoms with Gasteiger partial charge in [0, 0.05) is 24.2 Å². The van der Waals surface area contributed by atoms with Crippen LogP contribution >= 0.6 is 0 Å². The molecule has 0 N–H and O–H groups in total. The van der Waals surface area contributed by atoms with E-state index in [2.05, 4.69) is 12.1 Å². The van der Waals surface area contributed by atoms with Crippen molar-refractivity contribution in [3.05, 3.63) is 144 Å². The summed E-state index contributed by atoms with van der Waals surface area (Å²) in [5.41, 5.74) is 2.44. The van der Waals surface area contributed by atoms with E-state index in [1.165, 1.54) is 9.80 Å². The second-order valence-electron chi connectivity index (χ2n) is 9.84. The standard InChI is InChI=1S/C36H34N4O4/c37-27-33(29-13-5-1-6-14-29)39(35(41)31-17-9-3-10-18-31)21-23-43-25-26-44-24-22-40(36(42)32-19-11-4-12-20-32)34(28-38)30-15-7-2-8-16-30/h1-20,33-34H,21-26H2/t33-,34-/m0/s1. The molecular weight excluding hydrogens is 552 g/mol. The molecule has 0 bridgehead atoms. The number of hydrogen-bond acceptors (Lipinski definition) is 6. The van der Waals surface area contributed by atoms with Crippen LogP contribution in [0.5, 0.6) is 0 Å². The van der Waals surface area contributed by atoms with Gasteiger partial charge in [-0.1, -0.05) is 97.1 Å². The Bertz CT molecular complexity index is 1420. The third-order valence-corrected chi connectivity index (χ3v) is 6.99. The summed E-state index contributed by atoms with van der Waals surface area (Å²) >= 11 is 0. The topological polar surface area (TPSA) is 107 Å². The normalized spacial score (nSPS) is 11.9. The summed E-state index contributed by atoms with van der Waals surface area (Å²) in [6, 6.07) is 39.1. The highest BCUT2D eigenvalue weighted by atomic mass is 16.5. The summed E-state index contributed by atoms with van der Waals surface area (Å²) in [7, 11) is 0. The van der Waals surface area contributed by atoms with E-state index < -0.39 is 12.1 Å². The van der Waals surface area contributed by atoms with E-state index in [9.17, 15) is 20.1 Å². The molecule has 0 unspecified atom stereocenters. The number of nitrogens with zero attached hydrogens (tertiary/aromatic N) is 4. The van der Waals surface area contributed by atoms with E-state index in [0.717, 1.165) is 11.1 Å². The molecule has 44 heavy (non-hydrogen) atoms. The van der Waals surface area contributed by atoms with Crippen LogP contribution in [0.4, 0.5) is 0 Å². The van der Waals surface area contributed by atoms with E-state index in [1.54, 1.807) is 48.5 Å². The second-order valence-corrected chi connectivity index (χ2v) is 9.84. The van der Waals surface area contributed by atoms with Crippen LogP contribution in [0.3, 0.4) is 0 Å². The van der Waals surface area contributed by atoms with Gasteiger partial charge in [-0.25, -0.2) is 0 Å². The van der Waals surface area contributed by atoms with Crippen LogP contribution in [0.25, 0.3) is 0 Å². The molecule has 0 saturated heterocycles. The van der Waals surface area contributed by atoms with Crippen molar-refractivity contribution in [2.75, 3.05) is 39.5 Å². The number of amides is 2. The lowest BCUT2D eigenvalue weighted by Gasteiger charge is -2.28. The van der Waals surface area contributed by atoms with Crippen molar-refractivity contribution in [3.63, 3.8) is 0 Å². The van der Waals surface area contributed by atoms with Gasteiger partial charge in [-0.2, -0.15) is 10.5 Å². The lowest BCUT2D eigenvalue weighted by atomic mass is 10.1. The Morgan fingerprint density at radius 2 is 0.841 bits per heavy atom. The van der Waals surface area contributed by atoms with E-state index in [4.69, 9.17) is 9.47 Å². The zero-order valence-corrected chi connectivity index (χ0v) is 24.4. The van der Waals surface area contributed by atoms with E-state index >= 15 is 0 Å². The molecule has 0 saturated carbocycles. The first-order chi connectivity index (χ1) is 21.6. The Morgan fingerprint density at radius 3 is 1.16 bits per heavy atom. The highest BCUT2D eigenvalue weighted by Crippen LogP contribution is 2.23. The van der Waals surface area contributed by atoms with Crippen LogP contribution < -0.4 is 0 Å². The van der Waals surface area contributed by atoms with Gasteiger partial charge in [-0.05, 0) is 35.4 Å². The first kappa shape index (κ1) is 31.7. The maximum atomic E-state index is 13.4. The minimum Gasteiger partial charge on any atom is -0.377 e. The van der Waals surface area contributed by atoms with Crippen molar-refractivity contribution in [3.8, 4) is 12.1 Å². The number of nitriles is 2. The van der Waals surface area contributed by atoms with E-state index in [1.807, 2.05) is 72.8 Å². The highest BCUT2D eigenvalue weighted by Gasteiger charge is 2.27. The Hall–Kier alpha value is -5.28. The maximum absolute atomic E-state index is 13.4. The van der Waals surface area contributed by atoms with Gasteiger partial charge in [0.15, 0.2) is 0 Å². The summed E-state index contributed by atoms with van der Waals surface area (Å²) in [4.78, 5) is 29.8. The molecular formula is C36H34N4O4. The number of benzene rings is 4. The quantitative estimate of drug-likeness (QED) is 0.162. The van der Waals surface area contributed by atoms with Gasteiger partial charge in [-0.3, -0.25) is 9.59 Å². The van der Waals surface area contributed by atoms with Gasteiger partial charge in [0.05, 0.1) is 38.6 Å². The number of ether oxygens (including phenoxy) is 2. The molecule has 0 fully saturated rings. The molecule has 0 radical (unpaired) electrons. The number of rotatable bonds is 15. The third-order valence-electron chi connectivity index (χ3n) is 6.99. The molecule has 4 rings (SSSR count). The van der Waals surface area contributed by atoms with Crippen molar-refractivity contribution in [1.82, 2.24) is 9.80 Å². The molecule has 0 aliphatic carbocycles. The Kier molecular flexibility index (Phi) is 12.2. The second kappa shape index (κ2) is 17.0. The first-order valence-electron chi connectivity index (χ1n) is 14.4. The van der Waals surface area contributed by atoms with Gasteiger partial charge in [0.2, 0.25) is 0 Å². The molecule has 222 valence electrons. The van der Waals surface area contributed by atoms with Gasteiger partial charge in [-0.15, -0.1) is 0 Å². The average Bonchev–Trinajstić information content (AvgIpc) is 3.09. The van der Waals surface area contributed by atoms with Crippen molar-refractivity contribution in [2.24, 2.45) is 0 Å². The summed E-state index contributed by atoms with van der Waals surface area (Å²) in [6.07, 6.45) is 0. The Balaban J connectivity index is 1.31. The zero-order valence-electron chi connectivity index (χ0n) is 24.4. The fourth-order valence-electron chi connectivity index (χ4n) is 4.76. The number of hydrogen-bond donors (Lipinski definition) is 0. The van der Waals surface area contributed by atoms with Gasteiger partial charge in [0.1, 0.15) is 12.1 Å². The summed E-state index contributed by atoms with van der Waals surface area (Å²) in [5.74, 6) is -0.510. The van der Waals surface area contributed by atoms with E-state index in [-0.39, 0.29) is 51.3 Å². The van der Waals surface area contributed by atoms with Crippen LogP contribution in [0.2, 0.25) is 0 Å². The maximum Gasteiger partial charge on any atom is 0.255 e. The van der Waals surface area contributed by atoms with Crippen LogP contribution in [-0.2, 0) is 9.47 Å². The molecule has 0 aliphatic heterocycles. The minimum atomic E-state index is -0.769. The summed E-state index contributed by atoms with van der Waals surface area (Å²) < 4.78 is 11.6. The molecule has 8 heteroatoms. The summed E-state index contributed by atoms with van der Waals surface area (Å²) in [6.45, 7) is 1.33. The van der Waals surface area contributed by atoms with Crippen molar-refractivity contribution in [1.29, 1.82) is 10.5 Å². The Morgan fingerprint density at radius 1 is 0.523 bits per heavy atom. The predicted molar refractivity (Wildman–Crippen MR) is 166 cm³/mol. The third kappa shape index (κ3) is 8.62. The van der Waals surface area contributed by atoms with Crippen LogP contribution in [0.1, 0.15) is 43.9 Å². The molecule has 2 amide bonds. The monoisotopic (exact) mass is 586 g/mol. The van der Waals surface area contributed by atoms with Gasteiger partial charge >= 0.3 is 0 Å². The molecule has 4 aromatic rings. The molecule has 8 nitrogen and oxygen atoms in total. The minimum absolute atomic E-state index is 0.204. The molecule has 4 aromatic carbocycles. The molecule has 0 spiro atoms. The smallest absolute Gasteiger partial charge is 0.255 e. The van der Waals surface area contributed by atoms with Crippen molar-refractivity contribution < 1.29 is 19.1 Å². The largest absolute Gasteiger partial charge is 0.377 e.